The quantitative estimate of drug-likeness (QED) is 0.304. The van der Waals surface area contributed by atoms with E-state index in [1.165, 1.54) is 6.33 Å². The molecule has 8 heteroatoms. The highest BCUT2D eigenvalue weighted by Gasteiger charge is 2.35. The second-order valence-electron chi connectivity index (χ2n) is 8.82. The van der Waals surface area contributed by atoms with Crippen LogP contribution in [-0.2, 0) is 11.4 Å². The third-order valence-corrected chi connectivity index (χ3v) is 6.67. The Morgan fingerprint density at radius 1 is 1.08 bits per heavy atom. The van der Waals surface area contributed by atoms with Gasteiger partial charge in [-0.25, -0.2) is 4.68 Å². The van der Waals surface area contributed by atoms with Crippen LogP contribution in [0.3, 0.4) is 0 Å². The molecule has 4 aromatic rings. The first kappa shape index (κ1) is 23.8. The van der Waals surface area contributed by atoms with Gasteiger partial charge < -0.3 is 15.4 Å². The van der Waals surface area contributed by atoms with Crippen LogP contribution in [-0.4, -0.2) is 20.7 Å². The number of halogens is 1. The molecule has 2 N–H and O–H groups in total. The summed E-state index contributed by atoms with van der Waals surface area (Å²) in [7, 11) is 0. The van der Waals surface area contributed by atoms with Gasteiger partial charge >= 0.3 is 0 Å². The van der Waals surface area contributed by atoms with Crippen molar-refractivity contribution in [2.75, 3.05) is 10.6 Å². The van der Waals surface area contributed by atoms with Crippen LogP contribution in [0.15, 0.2) is 88.8 Å². The molecule has 0 spiro atoms. The summed E-state index contributed by atoms with van der Waals surface area (Å²) in [6, 6.07) is 21.2. The van der Waals surface area contributed by atoms with Crippen molar-refractivity contribution >= 4 is 33.5 Å². The number of aryl methyl sites for hydroxylation is 2. The summed E-state index contributed by atoms with van der Waals surface area (Å²) >= 11 is 3.60. The number of benzene rings is 3. The van der Waals surface area contributed by atoms with E-state index in [0.29, 0.717) is 29.6 Å². The second kappa shape index (κ2) is 9.99. The zero-order valence-electron chi connectivity index (χ0n) is 20.2. The zero-order valence-corrected chi connectivity index (χ0v) is 21.8. The Labute approximate surface area is 218 Å². The number of carbonyl (C=O) groups excluding carboxylic acids is 1. The van der Waals surface area contributed by atoms with Crippen LogP contribution < -0.4 is 15.4 Å². The van der Waals surface area contributed by atoms with E-state index in [1.54, 1.807) is 4.68 Å². The number of fused-ring (bicyclic) bond motifs is 1. The minimum absolute atomic E-state index is 0.216. The summed E-state index contributed by atoms with van der Waals surface area (Å²) in [4.78, 5) is 18.1. The van der Waals surface area contributed by atoms with E-state index in [0.717, 1.165) is 32.4 Å². The van der Waals surface area contributed by atoms with Crippen LogP contribution >= 0.6 is 15.9 Å². The average molecular weight is 544 g/mol. The number of nitrogens with one attached hydrogen (secondary N) is 2. The fourth-order valence-corrected chi connectivity index (χ4v) is 4.79. The van der Waals surface area contributed by atoms with Gasteiger partial charge in [0.25, 0.3) is 5.91 Å². The van der Waals surface area contributed by atoms with Gasteiger partial charge in [0.1, 0.15) is 24.7 Å². The zero-order chi connectivity index (χ0) is 25.2. The number of ether oxygens (including phenoxy) is 1. The Morgan fingerprint density at radius 3 is 2.67 bits per heavy atom. The van der Waals surface area contributed by atoms with Gasteiger partial charge in [-0.2, -0.15) is 10.1 Å². The van der Waals surface area contributed by atoms with Crippen LogP contribution in [0.5, 0.6) is 5.75 Å². The highest BCUT2D eigenvalue weighted by atomic mass is 79.9. The molecule has 1 aliphatic rings. The first-order valence-corrected chi connectivity index (χ1v) is 12.4. The number of carbonyl (C=O) groups is 1. The lowest BCUT2D eigenvalue weighted by Crippen LogP contribution is -2.32. The number of rotatable bonds is 6. The van der Waals surface area contributed by atoms with E-state index >= 15 is 0 Å². The lowest BCUT2D eigenvalue weighted by molar-refractivity contribution is -0.113. The van der Waals surface area contributed by atoms with Crippen LogP contribution in [0.25, 0.3) is 0 Å². The third kappa shape index (κ3) is 4.77. The standard InChI is InChI=1S/C28H26BrN5O2/c1-17-9-11-23(18(2)13-17)33-27(35)25-19(3)32-28-30-16-31-34(28)26(25)22-14-21(29)10-12-24(22)36-15-20-7-5-4-6-8-20/h4-14,16,26H,15H2,1-3H3,(H,33,35)(H,30,31,32). The minimum atomic E-state index is -0.544. The van der Waals surface area contributed by atoms with Crippen molar-refractivity contribution in [2.24, 2.45) is 0 Å². The van der Waals surface area contributed by atoms with Crippen LogP contribution in [0.1, 0.15) is 35.2 Å². The second-order valence-corrected chi connectivity index (χ2v) is 9.74. The number of aromatic nitrogens is 3. The van der Waals surface area contributed by atoms with Gasteiger partial charge in [0.2, 0.25) is 5.95 Å². The molecule has 0 bridgehead atoms. The van der Waals surface area contributed by atoms with Crippen molar-refractivity contribution in [3.8, 4) is 5.75 Å². The molecule has 7 nitrogen and oxygen atoms in total. The molecule has 0 aliphatic carbocycles. The Balaban J connectivity index is 1.56. The molecular weight excluding hydrogens is 518 g/mol. The molecule has 0 saturated heterocycles. The summed E-state index contributed by atoms with van der Waals surface area (Å²) in [6.45, 7) is 6.30. The van der Waals surface area contributed by atoms with E-state index in [-0.39, 0.29) is 5.91 Å². The van der Waals surface area contributed by atoms with Gasteiger partial charge in [-0.3, -0.25) is 4.79 Å². The van der Waals surface area contributed by atoms with Crippen LogP contribution in [0, 0.1) is 13.8 Å². The molecule has 0 radical (unpaired) electrons. The van der Waals surface area contributed by atoms with E-state index in [4.69, 9.17) is 4.74 Å². The Hall–Kier alpha value is -3.91. The van der Waals surface area contributed by atoms with Gasteiger partial charge in [0.15, 0.2) is 0 Å². The van der Waals surface area contributed by atoms with Crippen molar-refractivity contribution in [3.63, 3.8) is 0 Å². The highest BCUT2D eigenvalue weighted by molar-refractivity contribution is 9.10. The Kier molecular flexibility index (Phi) is 6.61. The topological polar surface area (TPSA) is 81.1 Å². The molecule has 2 heterocycles. The van der Waals surface area contributed by atoms with Crippen LogP contribution in [0.4, 0.5) is 11.6 Å². The molecular formula is C28H26BrN5O2. The number of amides is 1. The number of hydrogen-bond acceptors (Lipinski definition) is 5. The molecule has 5 rings (SSSR count). The van der Waals surface area contributed by atoms with Crippen molar-refractivity contribution in [3.05, 3.63) is 111 Å². The molecule has 1 atom stereocenters. The Morgan fingerprint density at radius 2 is 1.89 bits per heavy atom. The third-order valence-electron chi connectivity index (χ3n) is 6.17. The molecule has 1 amide bonds. The maximum absolute atomic E-state index is 13.8. The summed E-state index contributed by atoms with van der Waals surface area (Å²) < 4.78 is 8.87. The maximum atomic E-state index is 13.8. The predicted octanol–water partition coefficient (Wildman–Crippen LogP) is 6.16. The molecule has 0 saturated carbocycles. The summed E-state index contributed by atoms with van der Waals surface area (Å²) in [6.07, 6.45) is 1.48. The van der Waals surface area contributed by atoms with E-state index in [2.05, 4.69) is 36.6 Å². The molecule has 3 aromatic carbocycles. The molecule has 1 unspecified atom stereocenters. The normalized spacial score (nSPS) is 14.7. The number of allylic oxidation sites excluding steroid dienone is 1. The fraction of sp³-hybridized carbons (Fsp3) is 0.179. The molecule has 36 heavy (non-hydrogen) atoms. The maximum Gasteiger partial charge on any atom is 0.255 e. The van der Waals surface area contributed by atoms with Gasteiger partial charge in [-0.1, -0.05) is 64.0 Å². The monoisotopic (exact) mass is 543 g/mol. The van der Waals surface area contributed by atoms with Crippen molar-refractivity contribution < 1.29 is 9.53 Å². The van der Waals surface area contributed by atoms with Gasteiger partial charge in [0, 0.05) is 21.4 Å². The number of anilines is 2. The highest BCUT2D eigenvalue weighted by Crippen LogP contribution is 2.40. The van der Waals surface area contributed by atoms with Gasteiger partial charge in [-0.15, -0.1) is 0 Å². The number of nitrogens with zero attached hydrogens (tertiary/aromatic N) is 3. The lowest BCUT2D eigenvalue weighted by atomic mass is 9.94. The van der Waals surface area contributed by atoms with E-state index < -0.39 is 6.04 Å². The van der Waals surface area contributed by atoms with Crippen molar-refractivity contribution in [2.45, 2.75) is 33.4 Å². The summed E-state index contributed by atoms with van der Waals surface area (Å²) in [5.74, 6) is 1.02. The Bertz CT molecular complexity index is 1460. The first-order chi connectivity index (χ1) is 17.4. The van der Waals surface area contributed by atoms with Gasteiger partial charge in [0.05, 0.1) is 5.57 Å². The fourth-order valence-electron chi connectivity index (χ4n) is 4.42. The molecule has 0 fully saturated rings. The first-order valence-electron chi connectivity index (χ1n) is 11.6. The SMILES string of the molecule is CC1=C(C(=O)Nc2ccc(C)cc2C)C(c2cc(Br)ccc2OCc2ccccc2)n2ncnc2N1. The number of hydrogen-bond donors (Lipinski definition) is 2. The smallest absolute Gasteiger partial charge is 0.255 e. The van der Waals surface area contributed by atoms with Crippen LogP contribution in [0.2, 0.25) is 0 Å². The summed E-state index contributed by atoms with van der Waals surface area (Å²) in [5, 5.41) is 10.8. The summed E-state index contributed by atoms with van der Waals surface area (Å²) in [5.41, 5.74) is 6.00. The van der Waals surface area contributed by atoms with E-state index in [1.807, 2.05) is 87.5 Å². The van der Waals surface area contributed by atoms with Crippen molar-refractivity contribution in [1.29, 1.82) is 0 Å². The largest absolute Gasteiger partial charge is 0.489 e. The molecule has 182 valence electrons. The lowest BCUT2D eigenvalue weighted by Gasteiger charge is -2.30. The van der Waals surface area contributed by atoms with E-state index in [9.17, 15) is 4.79 Å². The minimum Gasteiger partial charge on any atom is -0.489 e. The van der Waals surface area contributed by atoms with Crippen molar-refractivity contribution in [1.82, 2.24) is 14.8 Å². The average Bonchev–Trinajstić information content (AvgIpc) is 3.32. The predicted molar refractivity (Wildman–Crippen MR) is 144 cm³/mol. The van der Waals surface area contributed by atoms with Gasteiger partial charge in [-0.05, 0) is 56.2 Å². The molecule has 1 aliphatic heterocycles. The molecule has 1 aromatic heterocycles.